The largest absolute Gasteiger partial charge is 0.576 e. The lowest BCUT2D eigenvalue weighted by atomic mass is 9.80. The Morgan fingerprint density at radius 3 is 1.58 bits per heavy atom. The maximum atomic E-state index is 5.73. The molecule has 0 aliphatic heterocycles. The van der Waals surface area contributed by atoms with Crippen molar-refractivity contribution in [2.45, 2.75) is 66.2 Å². The summed E-state index contributed by atoms with van der Waals surface area (Å²) in [5.74, 6) is 2.21. The van der Waals surface area contributed by atoms with Crippen LogP contribution < -0.4 is 0 Å². The van der Waals surface area contributed by atoms with Gasteiger partial charge in [-0.15, -0.1) is 0 Å². The lowest BCUT2D eigenvalue weighted by Gasteiger charge is -2.29. The third kappa shape index (κ3) is 4.63. The maximum absolute atomic E-state index is 5.73. The zero-order valence-electron chi connectivity index (χ0n) is 12.9. The fourth-order valence-electron chi connectivity index (χ4n) is 2.55. The maximum Gasteiger partial charge on any atom is 0.576 e. The summed E-state index contributed by atoms with van der Waals surface area (Å²) in [7, 11) is 0.374. The van der Waals surface area contributed by atoms with E-state index in [1.165, 1.54) is 12.8 Å². The van der Waals surface area contributed by atoms with E-state index in [0.29, 0.717) is 18.5 Å². The van der Waals surface area contributed by atoms with Crippen molar-refractivity contribution in [1.29, 1.82) is 0 Å². The molecule has 0 unspecified atom stereocenters. The van der Waals surface area contributed by atoms with Gasteiger partial charge in [-0.3, -0.25) is 0 Å². The van der Waals surface area contributed by atoms with Crippen LogP contribution in [0.5, 0.6) is 0 Å². The summed E-state index contributed by atoms with van der Waals surface area (Å²) in [6.07, 6.45) is 11.2. The third-order valence-corrected chi connectivity index (χ3v) is 4.35. The van der Waals surface area contributed by atoms with E-state index in [1.54, 1.807) is 0 Å². The number of allylic oxidation sites excluding steroid dienone is 4. The summed E-state index contributed by atoms with van der Waals surface area (Å²) in [5.41, 5.74) is 0.871. The first-order valence-electron chi connectivity index (χ1n) is 7.50. The molecule has 0 spiro atoms. The summed E-state index contributed by atoms with van der Waals surface area (Å²) in [6.45, 7) is 9.24. The summed E-state index contributed by atoms with van der Waals surface area (Å²) < 4.78 is 11.5. The van der Waals surface area contributed by atoms with E-state index >= 15 is 0 Å². The molecule has 0 N–H and O–H groups in total. The van der Waals surface area contributed by atoms with Crippen LogP contribution in [0.1, 0.15) is 66.2 Å². The Balaban J connectivity index is 1.71. The molecule has 0 aromatic carbocycles. The molecule has 0 aromatic heterocycles. The fourth-order valence-corrected chi connectivity index (χ4v) is 2.55. The molecule has 106 valence electrons. The quantitative estimate of drug-likeness (QED) is 0.696. The van der Waals surface area contributed by atoms with Crippen LogP contribution in [0, 0.1) is 10.8 Å². The zero-order valence-corrected chi connectivity index (χ0v) is 12.9. The highest BCUT2D eigenvalue weighted by Gasteiger charge is 2.24. The summed E-state index contributed by atoms with van der Waals surface area (Å²) in [6, 6.07) is 0. The van der Waals surface area contributed by atoms with Gasteiger partial charge < -0.3 is 9.31 Å². The lowest BCUT2D eigenvalue weighted by Crippen LogP contribution is -2.18. The molecule has 19 heavy (non-hydrogen) atoms. The normalized spacial score (nSPS) is 25.1. The van der Waals surface area contributed by atoms with E-state index in [4.69, 9.17) is 9.31 Å². The first kappa shape index (κ1) is 14.6. The second-order valence-corrected chi connectivity index (χ2v) is 7.48. The molecule has 0 heterocycles. The Kier molecular flexibility index (Phi) is 4.32. The first-order chi connectivity index (χ1) is 8.86. The standard InChI is InChI=1S/C16H27BO2/c1-15(2)9-5-13(6-10-15)18-17-19-14-7-11-16(3,4)12-8-14/h5,7,17H,6,8-12H2,1-4H3. The Morgan fingerprint density at radius 1 is 0.842 bits per heavy atom. The van der Waals surface area contributed by atoms with Crippen molar-refractivity contribution in [3.63, 3.8) is 0 Å². The van der Waals surface area contributed by atoms with Crippen LogP contribution >= 0.6 is 0 Å². The van der Waals surface area contributed by atoms with Crippen molar-refractivity contribution in [3.05, 3.63) is 23.7 Å². The van der Waals surface area contributed by atoms with E-state index in [9.17, 15) is 0 Å². The van der Waals surface area contributed by atoms with E-state index < -0.39 is 0 Å². The van der Waals surface area contributed by atoms with E-state index in [-0.39, 0.29) is 0 Å². The molecule has 0 saturated carbocycles. The van der Waals surface area contributed by atoms with Crippen molar-refractivity contribution < 1.29 is 9.31 Å². The molecule has 0 bridgehead atoms. The van der Waals surface area contributed by atoms with E-state index in [0.717, 1.165) is 37.2 Å². The van der Waals surface area contributed by atoms with Gasteiger partial charge in [0.2, 0.25) is 0 Å². The first-order valence-corrected chi connectivity index (χ1v) is 7.50. The van der Waals surface area contributed by atoms with Gasteiger partial charge in [0.05, 0.1) is 11.5 Å². The van der Waals surface area contributed by atoms with Crippen molar-refractivity contribution in [3.8, 4) is 0 Å². The van der Waals surface area contributed by atoms with Gasteiger partial charge in [0.25, 0.3) is 0 Å². The van der Waals surface area contributed by atoms with Crippen LogP contribution in [0.3, 0.4) is 0 Å². The van der Waals surface area contributed by atoms with Crippen LogP contribution in [0.15, 0.2) is 23.7 Å². The molecule has 0 amide bonds. The molecule has 0 radical (unpaired) electrons. The molecular formula is C16H27BO2. The molecule has 2 aliphatic rings. The SMILES string of the molecule is CC1(C)CC=C(OBOC2=CCC(C)(C)CC2)CC1. The Labute approximate surface area is 118 Å². The molecule has 0 aromatic rings. The average Bonchev–Trinajstić information content (AvgIpc) is 2.33. The van der Waals surface area contributed by atoms with Crippen LogP contribution in [-0.4, -0.2) is 7.69 Å². The molecule has 3 heteroatoms. The molecule has 0 saturated heterocycles. The fraction of sp³-hybridized carbons (Fsp3) is 0.750. The predicted molar refractivity (Wildman–Crippen MR) is 80.7 cm³/mol. The minimum Gasteiger partial charge on any atom is -0.532 e. The lowest BCUT2D eigenvalue weighted by molar-refractivity contribution is 0.239. The second-order valence-electron chi connectivity index (χ2n) is 7.48. The van der Waals surface area contributed by atoms with Crippen LogP contribution in [0.4, 0.5) is 0 Å². The van der Waals surface area contributed by atoms with Crippen LogP contribution in [0.25, 0.3) is 0 Å². The average molecular weight is 262 g/mol. The summed E-state index contributed by atoms with van der Waals surface area (Å²) >= 11 is 0. The third-order valence-electron chi connectivity index (χ3n) is 4.35. The molecule has 0 fully saturated rings. The Hall–Kier alpha value is -0.855. The van der Waals surface area contributed by atoms with Crippen molar-refractivity contribution >= 4 is 7.69 Å². The summed E-state index contributed by atoms with van der Waals surface area (Å²) in [4.78, 5) is 0. The van der Waals surface area contributed by atoms with Gasteiger partial charge in [-0.1, -0.05) is 27.7 Å². The molecular weight excluding hydrogens is 235 g/mol. The number of hydrogen-bond donors (Lipinski definition) is 0. The molecule has 2 rings (SSSR count). The van der Waals surface area contributed by atoms with Crippen molar-refractivity contribution in [2.24, 2.45) is 10.8 Å². The Morgan fingerprint density at radius 2 is 1.26 bits per heavy atom. The molecule has 2 nitrogen and oxygen atoms in total. The number of hydrogen-bond acceptors (Lipinski definition) is 2. The minimum absolute atomic E-state index is 0.374. The van der Waals surface area contributed by atoms with Gasteiger partial charge in [-0.25, -0.2) is 0 Å². The van der Waals surface area contributed by atoms with Gasteiger partial charge in [0, 0.05) is 12.8 Å². The Bertz CT molecular complexity index is 344. The van der Waals surface area contributed by atoms with Gasteiger partial charge in [0.15, 0.2) is 0 Å². The topological polar surface area (TPSA) is 18.5 Å². The molecule has 0 atom stereocenters. The zero-order chi connectivity index (χ0) is 13.9. The predicted octanol–water partition coefficient (Wildman–Crippen LogP) is 4.47. The number of rotatable bonds is 4. The highest BCUT2D eigenvalue weighted by molar-refractivity contribution is 6.19. The minimum atomic E-state index is 0.374. The summed E-state index contributed by atoms with van der Waals surface area (Å²) in [5, 5.41) is 0. The van der Waals surface area contributed by atoms with Crippen LogP contribution in [-0.2, 0) is 9.31 Å². The van der Waals surface area contributed by atoms with Gasteiger partial charge in [-0.2, -0.15) is 0 Å². The smallest absolute Gasteiger partial charge is 0.532 e. The van der Waals surface area contributed by atoms with Crippen LogP contribution in [0.2, 0.25) is 0 Å². The highest BCUT2D eigenvalue weighted by atomic mass is 16.6. The molecule has 2 aliphatic carbocycles. The van der Waals surface area contributed by atoms with Crippen molar-refractivity contribution in [2.75, 3.05) is 0 Å². The van der Waals surface area contributed by atoms with Gasteiger partial charge >= 0.3 is 7.69 Å². The van der Waals surface area contributed by atoms with E-state index in [2.05, 4.69) is 39.8 Å². The van der Waals surface area contributed by atoms with E-state index in [1.807, 2.05) is 0 Å². The second kappa shape index (κ2) is 5.64. The van der Waals surface area contributed by atoms with Crippen molar-refractivity contribution in [1.82, 2.24) is 0 Å². The monoisotopic (exact) mass is 262 g/mol. The van der Waals surface area contributed by atoms with Gasteiger partial charge in [0.1, 0.15) is 0 Å². The van der Waals surface area contributed by atoms with Gasteiger partial charge in [-0.05, 0) is 48.7 Å². The highest BCUT2D eigenvalue weighted by Crippen LogP contribution is 2.35.